The van der Waals surface area contributed by atoms with Gasteiger partial charge in [0.2, 0.25) is 5.69 Å². The first-order valence-electron chi connectivity index (χ1n) is 8.34. The number of hydrogen-bond acceptors (Lipinski definition) is 0. The summed E-state index contributed by atoms with van der Waals surface area (Å²) in [7, 11) is 2.12. The molecule has 1 heterocycles. The number of rotatable bonds is 2. The van der Waals surface area contributed by atoms with Crippen molar-refractivity contribution < 1.29 is 4.57 Å². The van der Waals surface area contributed by atoms with Crippen molar-refractivity contribution in [3.8, 4) is 11.3 Å². The zero-order valence-corrected chi connectivity index (χ0v) is 15.0. The van der Waals surface area contributed by atoms with E-state index in [1.807, 2.05) is 12.1 Å². The predicted octanol–water partition coefficient (Wildman–Crippen LogP) is 5.62. The Morgan fingerprint density at radius 3 is 2.42 bits per heavy atom. The van der Waals surface area contributed by atoms with Crippen LogP contribution in [-0.4, -0.2) is 0 Å². The Bertz CT molecular complexity index is 975. The molecule has 24 heavy (non-hydrogen) atoms. The van der Waals surface area contributed by atoms with E-state index in [-0.39, 0.29) is 0 Å². The number of fused-ring (bicyclic) bond motifs is 1. The van der Waals surface area contributed by atoms with Gasteiger partial charge in [0.05, 0.1) is 12.0 Å². The van der Waals surface area contributed by atoms with Crippen molar-refractivity contribution in [3.63, 3.8) is 0 Å². The van der Waals surface area contributed by atoms with E-state index in [0.717, 1.165) is 5.39 Å². The molecule has 0 fully saturated rings. The lowest BCUT2D eigenvalue weighted by Gasteiger charge is -2.13. The minimum atomic E-state index is 0.499. The Kier molecular flexibility index (Phi) is 4.11. The van der Waals surface area contributed by atoms with E-state index in [1.165, 1.54) is 33.5 Å². The minimum Gasteiger partial charge on any atom is -0.238 e. The third kappa shape index (κ3) is 2.67. The van der Waals surface area contributed by atoms with Gasteiger partial charge in [-0.2, -0.15) is 4.57 Å². The molecule has 0 unspecified atom stereocenters. The lowest BCUT2D eigenvalue weighted by atomic mass is 9.93. The molecule has 3 aromatic rings. The molecule has 0 aliphatic heterocycles. The van der Waals surface area contributed by atoms with Crippen LogP contribution in [-0.2, 0) is 7.05 Å². The third-order valence-electron chi connectivity index (χ3n) is 4.83. The van der Waals surface area contributed by atoms with Gasteiger partial charge in [-0.1, -0.05) is 38.1 Å². The lowest BCUT2D eigenvalue weighted by Crippen LogP contribution is -2.35. The topological polar surface area (TPSA) is 8.24 Å². The van der Waals surface area contributed by atoms with Gasteiger partial charge in [-0.05, 0) is 41.5 Å². The van der Waals surface area contributed by atoms with Crippen LogP contribution >= 0.6 is 0 Å². The van der Waals surface area contributed by atoms with Gasteiger partial charge in [0, 0.05) is 18.6 Å². The van der Waals surface area contributed by atoms with Crippen molar-refractivity contribution in [2.45, 2.75) is 33.6 Å². The Labute approximate surface area is 144 Å². The molecule has 1 aromatic heterocycles. The molecule has 0 spiro atoms. The summed E-state index contributed by atoms with van der Waals surface area (Å²) < 4.78 is 2.26. The highest BCUT2D eigenvalue weighted by atomic mass is 14.9. The average molecular weight is 315 g/mol. The number of aryl methyl sites for hydroxylation is 2. The van der Waals surface area contributed by atoms with Crippen LogP contribution in [0.5, 0.6) is 0 Å². The van der Waals surface area contributed by atoms with Gasteiger partial charge in [0.1, 0.15) is 7.05 Å². The van der Waals surface area contributed by atoms with Gasteiger partial charge in [-0.15, -0.1) is 0 Å². The number of benzene rings is 2. The Hall–Kier alpha value is -2.66. The molecule has 120 valence electrons. The maximum Gasteiger partial charge on any atom is 0.220 e. The van der Waals surface area contributed by atoms with E-state index in [1.54, 1.807) is 0 Å². The number of nitrogens with zero attached hydrogens (tertiary/aromatic N) is 2. The summed E-state index contributed by atoms with van der Waals surface area (Å²) in [5.41, 5.74) is 7.00. The molecule has 0 atom stereocenters. The molecule has 2 aromatic carbocycles. The zero-order chi connectivity index (χ0) is 17.4. The van der Waals surface area contributed by atoms with Crippen LogP contribution in [0, 0.1) is 20.4 Å². The highest BCUT2D eigenvalue weighted by Crippen LogP contribution is 2.32. The van der Waals surface area contributed by atoms with E-state index in [9.17, 15) is 0 Å². The fraction of sp³-hybridized carbons (Fsp3) is 0.273. The molecular weight excluding hydrogens is 292 g/mol. The van der Waals surface area contributed by atoms with Crippen LogP contribution in [0.4, 0.5) is 5.69 Å². The molecule has 0 saturated carbocycles. The van der Waals surface area contributed by atoms with Crippen molar-refractivity contribution in [1.82, 2.24) is 0 Å². The van der Waals surface area contributed by atoms with Gasteiger partial charge in [0.25, 0.3) is 0 Å². The Morgan fingerprint density at radius 2 is 1.75 bits per heavy atom. The van der Waals surface area contributed by atoms with E-state index in [4.69, 9.17) is 6.57 Å². The van der Waals surface area contributed by atoms with Crippen LogP contribution in [0.3, 0.4) is 0 Å². The van der Waals surface area contributed by atoms with Gasteiger partial charge < -0.3 is 0 Å². The van der Waals surface area contributed by atoms with Gasteiger partial charge in [-0.3, -0.25) is 0 Å². The molecule has 0 radical (unpaired) electrons. The van der Waals surface area contributed by atoms with Gasteiger partial charge in [-0.25, -0.2) is 4.85 Å². The molecular formula is C22H23N2+. The Balaban J connectivity index is 2.40. The van der Waals surface area contributed by atoms with Crippen molar-refractivity contribution in [2.24, 2.45) is 7.05 Å². The molecule has 0 amide bonds. The number of hydrogen-bond donors (Lipinski definition) is 0. The lowest BCUT2D eigenvalue weighted by molar-refractivity contribution is -0.665. The van der Waals surface area contributed by atoms with Crippen molar-refractivity contribution in [3.05, 3.63) is 70.7 Å². The van der Waals surface area contributed by atoms with Crippen LogP contribution in [0.2, 0.25) is 0 Å². The average Bonchev–Trinajstić information content (AvgIpc) is 2.56. The van der Waals surface area contributed by atoms with Gasteiger partial charge in [0.15, 0.2) is 11.4 Å². The fourth-order valence-corrected chi connectivity index (χ4v) is 3.21. The first-order chi connectivity index (χ1) is 11.4. The van der Waals surface area contributed by atoms with E-state index in [0.29, 0.717) is 11.6 Å². The summed E-state index contributed by atoms with van der Waals surface area (Å²) >= 11 is 0. The van der Waals surface area contributed by atoms with Crippen LogP contribution in [0.1, 0.15) is 36.6 Å². The minimum absolute atomic E-state index is 0.499. The predicted molar refractivity (Wildman–Crippen MR) is 100 cm³/mol. The summed E-state index contributed by atoms with van der Waals surface area (Å²) in [6.45, 7) is 16.0. The SMILES string of the molecule is [C-]#[N+]c1ccc2c(-c3cc(C(C)C)ccc3C)[n+](C)c(C)cc2c1. The summed E-state index contributed by atoms with van der Waals surface area (Å²) in [6.07, 6.45) is 0. The number of aromatic nitrogens is 1. The largest absolute Gasteiger partial charge is 0.238 e. The summed E-state index contributed by atoms with van der Waals surface area (Å²) in [6, 6.07) is 14.9. The normalized spacial score (nSPS) is 11.0. The zero-order valence-electron chi connectivity index (χ0n) is 15.0. The Morgan fingerprint density at radius 1 is 1.00 bits per heavy atom. The van der Waals surface area contributed by atoms with Gasteiger partial charge >= 0.3 is 0 Å². The maximum atomic E-state index is 7.26. The molecule has 0 N–H and O–H groups in total. The van der Waals surface area contributed by atoms with Crippen LogP contribution in [0.15, 0.2) is 42.5 Å². The second kappa shape index (κ2) is 6.09. The van der Waals surface area contributed by atoms with Crippen LogP contribution in [0.25, 0.3) is 26.9 Å². The molecule has 0 saturated heterocycles. The molecule has 3 rings (SSSR count). The first-order valence-corrected chi connectivity index (χ1v) is 8.34. The fourth-order valence-electron chi connectivity index (χ4n) is 3.21. The maximum absolute atomic E-state index is 7.26. The standard InChI is InChI=1S/C22H23N2/c1-14(2)17-8-7-15(3)21(13-17)22-20-10-9-19(23-5)12-18(20)11-16(4)24(22)6/h7-14H,1-4,6H3/q+1. The number of pyridine rings is 1. The van der Waals surface area contributed by atoms with Crippen molar-refractivity contribution >= 4 is 16.5 Å². The first kappa shape index (κ1) is 16.2. The molecule has 0 aliphatic carbocycles. The van der Waals surface area contributed by atoms with E-state index in [2.05, 4.69) is 74.5 Å². The highest BCUT2D eigenvalue weighted by molar-refractivity contribution is 5.95. The second-order valence-electron chi connectivity index (χ2n) is 6.81. The quantitative estimate of drug-likeness (QED) is 0.428. The van der Waals surface area contributed by atoms with Crippen molar-refractivity contribution in [2.75, 3.05) is 0 Å². The summed E-state index contributed by atoms with van der Waals surface area (Å²) in [5, 5.41) is 2.32. The van der Waals surface area contributed by atoms with E-state index < -0.39 is 0 Å². The third-order valence-corrected chi connectivity index (χ3v) is 4.83. The smallest absolute Gasteiger partial charge is 0.220 e. The summed E-state index contributed by atoms with van der Waals surface area (Å²) in [5.74, 6) is 0.499. The molecule has 0 aliphatic rings. The van der Waals surface area contributed by atoms with Crippen LogP contribution < -0.4 is 4.57 Å². The monoisotopic (exact) mass is 315 g/mol. The highest BCUT2D eigenvalue weighted by Gasteiger charge is 2.20. The summed E-state index contributed by atoms with van der Waals surface area (Å²) in [4.78, 5) is 3.57. The second-order valence-corrected chi connectivity index (χ2v) is 6.81. The molecule has 2 nitrogen and oxygen atoms in total. The molecule has 0 bridgehead atoms. The van der Waals surface area contributed by atoms with Crippen molar-refractivity contribution in [1.29, 1.82) is 0 Å². The molecule has 2 heteroatoms. The van der Waals surface area contributed by atoms with E-state index >= 15 is 0 Å².